The van der Waals surface area contributed by atoms with E-state index in [0.29, 0.717) is 49.2 Å². The van der Waals surface area contributed by atoms with E-state index in [1.165, 1.54) is 16.4 Å². The van der Waals surface area contributed by atoms with E-state index in [2.05, 4.69) is 10.6 Å². The van der Waals surface area contributed by atoms with E-state index < -0.39 is 10.0 Å². The largest absolute Gasteiger partial charge is 0.455 e. The SMILES string of the molecule is O=C(CNc1ccccc1Oc1ccccc1)Nc1ccc(S(=O)(=O)N2CCOCC2)cc1. The van der Waals surface area contributed by atoms with Gasteiger partial charge in [-0.05, 0) is 48.5 Å². The lowest BCUT2D eigenvalue weighted by atomic mass is 10.2. The van der Waals surface area contributed by atoms with E-state index >= 15 is 0 Å². The van der Waals surface area contributed by atoms with E-state index in [0.717, 1.165) is 0 Å². The summed E-state index contributed by atoms with van der Waals surface area (Å²) in [6, 6.07) is 22.9. The molecule has 172 valence electrons. The molecule has 4 rings (SSSR count). The molecule has 1 aliphatic heterocycles. The van der Waals surface area contributed by atoms with Gasteiger partial charge in [0.2, 0.25) is 15.9 Å². The zero-order valence-electron chi connectivity index (χ0n) is 17.9. The maximum Gasteiger partial charge on any atom is 0.243 e. The Morgan fingerprint density at radius 2 is 1.58 bits per heavy atom. The number of amides is 1. The van der Waals surface area contributed by atoms with Gasteiger partial charge in [-0.15, -0.1) is 0 Å². The number of carbonyl (C=O) groups is 1. The molecular weight excluding hydrogens is 442 g/mol. The molecule has 0 bridgehead atoms. The molecule has 0 unspecified atom stereocenters. The normalized spacial score (nSPS) is 14.4. The average Bonchev–Trinajstić information content (AvgIpc) is 2.85. The van der Waals surface area contributed by atoms with Gasteiger partial charge in [0.15, 0.2) is 5.75 Å². The maximum atomic E-state index is 12.7. The topological polar surface area (TPSA) is 97.0 Å². The number of ether oxygens (including phenoxy) is 2. The van der Waals surface area contributed by atoms with Gasteiger partial charge in [-0.2, -0.15) is 4.31 Å². The summed E-state index contributed by atoms with van der Waals surface area (Å²) in [4.78, 5) is 12.6. The third kappa shape index (κ3) is 5.89. The number of sulfonamides is 1. The number of hydrogen-bond acceptors (Lipinski definition) is 6. The Hall–Kier alpha value is -3.40. The van der Waals surface area contributed by atoms with Crippen molar-refractivity contribution in [1.82, 2.24) is 4.31 Å². The van der Waals surface area contributed by atoms with Gasteiger partial charge in [-0.25, -0.2) is 8.42 Å². The summed E-state index contributed by atoms with van der Waals surface area (Å²) in [5, 5.41) is 5.85. The van der Waals surface area contributed by atoms with Crippen molar-refractivity contribution in [3.63, 3.8) is 0 Å². The number of nitrogens with one attached hydrogen (secondary N) is 2. The zero-order valence-corrected chi connectivity index (χ0v) is 18.8. The molecule has 1 amide bonds. The van der Waals surface area contributed by atoms with Crippen molar-refractivity contribution in [1.29, 1.82) is 0 Å². The molecule has 0 atom stereocenters. The summed E-state index contributed by atoms with van der Waals surface area (Å²) in [5.41, 5.74) is 1.19. The number of anilines is 2. The molecular formula is C24H25N3O5S. The quantitative estimate of drug-likeness (QED) is 0.526. The number of nitrogens with zero attached hydrogens (tertiary/aromatic N) is 1. The van der Waals surface area contributed by atoms with Crippen molar-refractivity contribution in [3.05, 3.63) is 78.9 Å². The highest BCUT2D eigenvalue weighted by molar-refractivity contribution is 7.89. The summed E-state index contributed by atoms with van der Waals surface area (Å²) in [6.45, 7) is 1.46. The summed E-state index contributed by atoms with van der Waals surface area (Å²) in [6.07, 6.45) is 0. The molecule has 33 heavy (non-hydrogen) atoms. The van der Waals surface area contributed by atoms with Crippen LogP contribution in [0.2, 0.25) is 0 Å². The first-order chi connectivity index (χ1) is 16.0. The van der Waals surface area contributed by atoms with Gasteiger partial charge in [-0.3, -0.25) is 4.79 Å². The Morgan fingerprint density at radius 3 is 2.30 bits per heavy atom. The van der Waals surface area contributed by atoms with E-state index in [9.17, 15) is 13.2 Å². The van der Waals surface area contributed by atoms with Crippen molar-refractivity contribution < 1.29 is 22.7 Å². The maximum absolute atomic E-state index is 12.7. The fourth-order valence-electron chi connectivity index (χ4n) is 3.34. The summed E-state index contributed by atoms with van der Waals surface area (Å²) in [5.74, 6) is 1.03. The smallest absolute Gasteiger partial charge is 0.243 e. The summed E-state index contributed by atoms with van der Waals surface area (Å²) >= 11 is 0. The van der Waals surface area contributed by atoms with Gasteiger partial charge in [0.05, 0.1) is 30.3 Å². The van der Waals surface area contributed by atoms with Crippen LogP contribution in [0.5, 0.6) is 11.5 Å². The second-order valence-corrected chi connectivity index (χ2v) is 9.29. The van der Waals surface area contributed by atoms with Gasteiger partial charge in [0.1, 0.15) is 5.75 Å². The Bertz CT molecular complexity index is 1180. The second-order valence-electron chi connectivity index (χ2n) is 7.35. The van der Waals surface area contributed by atoms with Crippen LogP contribution in [0.15, 0.2) is 83.8 Å². The minimum absolute atomic E-state index is 0.0169. The molecule has 0 spiro atoms. The van der Waals surface area contributed by atoms with Gasteiger partial charge in [0.25, 0.3) is 0 Å². The third-order valence-electron chi connectivity index (χ3n) is 5.04. The predicted molar refractivity (Wildman–Crippen MR) is 126 cm³/mol. The first-order valence-corrected chi connectivity index (χ1v) is 12.0. The van der Waals surface area contributed by atoms with Crippen LogP contribution in [-0.4, -0.2) is 51.5 Å². The van der Waals surface area contributed by atoms with Crippen LogP contribution in [0.1, 0.15) is 0 Å². The van der Waals surface area contributed by atoms with Gasteiger partial charge in [-0.1, -0.05) is 30.3 Å². The van der Waals surface area contributed by atoms with Gasteiger partial charge >= 0.3 is 0 Å². The fourth-order valence-corrected chi connectivity index (χ4v) is 4.75. The number of carbonyl (C=O) groups excluding carboxylic acids is 1. The number of hydrogen-bond donors (Lipinski definition) is 2. The van der Waals surface area contributed by atoms with Crippen LogP contribution < -0.4 is 15.4 Å². The molecule has 2 N–H and O–H groups in total. The molecule has 0 aliphatic carbocycles. The monoisotopic (exact) mass is 467 g/mol. The Morgan fingerprint density at radius 1 is 0.909 bits per heavy atom. The minimum Gasteiger partial charge on any atom is -0.455 e. The molecule has 1 aliphatic rings. The average molecular weight is 468 g/mol. The van der Waals surface area contributed by atoms with Crippen LogP contribution in [0, 0.1) is 0 Å². The Labute approximate surface area is 193 Å². The second kappa shape index (κ2) is 10.5. The van der Waals surface area contributed by atoms with Crippen LogP contribution in [0.4, 0.5) is 11.4 Å². The van der Waals surface area contributed by atoms with Gasteiger partial charge < -0.3 is 20.1 Å². The highest BCUT2D eigenvalue weighted by Crippen LogP contribution is 2.29. The van der Waals surface area contributed by atoms with Crippen molar-refractivity contribution >= 4 is 27.3 Å². The lowest BCUT2D eigenvalue weighted by Crippen LogP contribution is -2.40. The first kappa shape index (κ1) is 22.8. The lowest BCUT2D eigenvalue weighted by molar-refractivity contribution is -0.114. The third-order valence-corrected chi connectivity index (χ3v) is 6.96. The molecule has 9 heteroatoms. The highest BCUT2D eigenvalue weighted by Gasteiger charge is 2.26. The van der Waals surface area contributed by atoms with Crippen molar-refractivity contribution in [3.8, 4) is 11.5 Å². The molecule has 1 saturated heterocycles. The van der Waals surface area contributed by atoms with Crippen LogP contribution >= 0.6 is 0 Å². The van der Waals surface area contributed by atoms with Crippen LogP contribution in [0.25, 0.3) is 0 Å². The Balaban J connectivity index is 1.34. The number of para-hydroxylation sites is 3. The van der Waals surface area contributed by atoms with E-state index in [4.69, 9.17) is 9.47 Å². The van der Waals surface area contributed by atoms with Crippen molar-refractivity contribution in [2.45, 2.75) is 4.90 Å². The Kier molecular flexibility index (Phi) is 7.23. The summed E-state index contributed by atoms with van der Waals surface area (Å²) < 4.78 is 37.9. The van der Waals surface area contributed by atoms with Gasteiger partial charge in [0, 0.05) is 18.8 Å². The van der Waals surface area contributed by atoms with E-state index in [1.807, 2.05) is 54.6 Å². The number of rotatable bonds is 8. The van der Waals surface area contributed by atoms with Crippen molar-refractivity contribution in [2.24, 2.45) is 0 Å². The number of morpholine rings is 1. The molecule has 0 saturated carbocycles. The molecule has 0 radical (unpaired) electrons. The zero-order chi connectivity index (χ0) is 23.1. The molecule has 1 fully saturated rings. The van der Waals surface area contributed by atoms with E-state index in [-0.39, 0.29) is 17.3 Å². The lowest BCUT2D eigenvalue weighted by Gasteiger charge is -2.26. The minimum atomic E-state index is -3.57. The molecule has 3 aromatic carbocycles. The fraction of sp³-hybridized carbons (Fsp3) is 0.208. The predicted octanol–water partition coefficient (Wildman–Crippen LogP) is 3.55. The summed E-state index contributed by atoms with van der Waals surface area (Å²) in [7, 11) is -3.57. The molecule has 0 aromatic heterocycles. The van der Waals surface area contributed by atoms with E-state index in [1.54, 1.807) is 12.1 Å². The highest BCUT2D eigenvalue weighted by atomic mass is 32.2. The molecule has 8 nitrogen and oxygen atoms in total. The van der Waals surface area contributed by atoms with Crippen molar-refractivity contribution in [2.75, 3.05) is 43.5 Å². The molecule has 1 heterocycles. The van der Waals surface area contributed by atoms with Crippen LogP contribution in [-0.2, 0) is 19.6 Å². The van der Waals surface area contributed by atoms with Crippen LogP contribution in [0.3, 0.4) is 0 Å². The number of benzene rings is 3. The standard InChI is InChI=1S/C24H25N3O5S/c28-24(18-25-22-8-4-5-9-23(22)32-20-6-2-1-3-7-20)26-19-10-12-21(13-11-19)33(29,30)27-14-16-31-17-15-27/h1-13,25H,14-18H2,(H,26,28). The first-order valence-electron chi connectivity index (χ1n) is 10.6. The molecule has 3 aromatic rings.